The van der Waals surface area contributed by atoms with Crippen molar-refractivity contribution < 1.29 is 4.79 Å². The number of amides is 2. The smallest absolute Gasteiger partial charge is 0.320 e. The largest absolute Gasteiger partial charge is 0.370 e. The number of nitriles is 1. The molecule has 3 N–H and O–H groups in total. The van der Waals surface area contributed by atoms with Crippen molar-refractivity contribution in [3.63, 3.8) is 0 Å². The summed E-state index contributed by atoms with van der Waals surface area (Å²) in [4.78, 5) is 19.8. The third-order valence-electron chi connectivity index (χ3n) is 2.77. The number of nitrogens with zero attached hydrogens (tertiary/aromatic N) is 3. The lowest BCUT2D eigenvalue weighted by Gasteiger charge is -2.08. The van der Waals surface area contributed by atoms with Crippen LogP contribution in [0.4, 0.5) is 16.4 Å². The van der Waals surface area contributed by atoms with Crippen molar-refractivity contribution in [3.8, 4) is 6.07 Å². The van der Waals surface area contributed by atoms with Crippen molar-refractivity contribution >= 4 is 17.7 Å². The second kappa shape index (κ2) is 8.21. The number of anilines is 2. The van der Waals surface area contributed by atoms with E-state index in [0.29, 0.717) is 18.7 Å². The van der Waals surface area contributed by atoms with Gasteiger partial charge in [-0.3, -0.25) is 5.32 Å². The van der Waals surface area contributed by atoms with Gasteiger partial charge in [-0.25, -0.2) is 14.8 Å². The molecule has 2 rings (SSSR count). The summed E-state index contributed by atoms with van der Waals surface area (Å²) in [6.45, 7) is 1.20. The van der Waals surface area contributed by atoms with E-state index in [1.807, 2.05) is 24.3 Å². The first kappa shape index (κ1) is 15.3. The van der Waals surface area contributed by atoms with E-state index in [-0.39, 0.29) is 11.8 Å². The molecule has 0 bridgehead atoms. The van der Waals surface area contributed by atoms with Crippen LogP contribution in [0.2, 0.25) is 0 Å². The average molecular weight is 296 g/mol. The van der Waals surface area contributed by atoms with E-state index in [2.05, 4.69) is 25.9 Å². The van der Waals surface area contributed by atoms with Crippen LogP contribution in [0.25, 0.3) is 0 Å². The lowest BCUT2D eigenvalue weighted by Crippen LogP contribution is -2.31. The SMILES string of the molecule is N#Cc1cccnc1NC(=O)NCCCNc1ccccn1. The highest BCUT2D eigenvalue weighted by Crippen LogP contribution is 2.08. The Labute approximate surface area is 128 Å². The summed E-state index contributed by atoms with van der Waals surface area (Å²) < 4.78 is 0. The number of rotatable bonds is 6. The molecule has 0 aliphatic carbocycles. The number of hydrogen-bond acceptors (Lipinski definition) is 5. The molecular formula is C15H16N6O. The Morgan fingerprint density at radius 2 is 2.00 bits per heavy atom. The van der Waals surface area contributed by atoms with Gasteiger partial charge in [-0.05, 0) is 30.7 Å². The third-order valence-corrected chi connectivity index (χ3v) is 2.77. The first-order valence-electron chi connectivity index (χ1n) is 6.84. The Bertz CT molecular complexity index is 653. The van der Waals surface area contributed by atoms with Crippen molar-refractivity contribution in [2.24, 2.45) is 0 Å². The van der Waals surface area contributed by atoms with Gasteiger partial charge in [0.1, 0.15) is 11.9 Å². The molecule has 0 aliphatic rings. The molecule has 2 heterocycles. The van der Waals surface area contributed by atoms with Gasteiger partial charge in [-0.2, -0.15) is 5.26 Å². The highest BCUT2D eigenvalue weighted by atomic mass is 16.2. The molecule has 0 spiro atoms. The highest BCUT2D eigenvalue weighted by molar-refractivity contribution is 5.89. The summed E-state index contributed by atoms with van der Waals surface area (Å²) in [6.07, 6.45) is 3.98. The van der Waals surface area contributed by atoms with Gasteiger partial charge in [0, 0.05) is 25.5 Å². The zero-order chi connectivity index (χ0) is 15.6. The Hall–Kier alpha value is -3.14. The van der Waals surface area contributed by atoms with Crippen LogP contribution in [0.1, 0.15) is 12.0 Å². The van der Waals surface area contributed by atoms with Crippen molar-refractivity contribution in [2.75, 3.05) is 23.7 Å². The van der Waals surface area contributed by atoms with Crippen LogP contribution in [0.15, 0.2) is 42.7 Å². The molecule has 2 amide bonds. The number of carbonyl (C=O) groups excluding carboxylic acids is 1. The van der Waals surface area contributed by atoms with Gasteiger partial charge in [-0.15, -0.1) is 0 Å². The topological polar surface area (TPSA) is 103 Å². The fraction of sp³-hybridized carbons (Fsp3) is 0.200. The summed E-state index contributed by atoms with van der Waals surface area (Å²) in [7, 11) is 0. The van der Waals surface area contributed by atoms with Crippen molar-refractivity contribution in [1.82, 2.24) is 15.3 Å². The van der Waals surface area contributed by atoms with Crippen LogP contribution in [-0.2, 0) is 0 Å². The molecule has 0 fully saturated rings. The predicted molar refractivity (Wildman–Crippen MR) is 83.3 cm³/mol. The molecule has 0 atom stereocenters. The Balaban J connectivity index is 1.67. The van der Waals surface area contributed by atoms with E-state index < -0.39 is 0 Å². The summed E-state index contributed by atoms with van der Waals surface area (Å²) >= 11 is 0. The van der Waals surface area contributed by atoms with E-state index in [9.17, 15) is 4.79 Å². The maximum Gasteiger partial charge on any atom is 0.320 e. The molecule has 112 valence electrons. The standard InChI is InChI=1S/C15H16N6O/c16-11-12-5-3-8-19-14(12)21-15(22)20-10-4-9-18-13-6-1-2-7-17-13/h1-3,5-8H,4,9-10H2,(H,17,18)(H2,19,20,21,22). The van der Waals surface area contributed by atoms with Crippen LogP contribution >= 0.6 is 0 Å². The quantitative estimate of drug-likeness (QED) is 0.707. The summed E-state index contributed by atoms with van der Waals surface area (Å²) in [5.74, 6) is 1.06. The Morgan fingerprint density at radius 1 is 1.14 bits per heavy atom. The zero-order valence-electron chi connectivity index (χ0n) is 11.9. The summed E-state index contributed by atoms with van der Waals surface area (Å²) in [5, 5.41) is 17.3. The maximum absolute atomic E-state index is 11.7. The lowest BCUT2D eigenvalue weighted by atomic mass is 10.3. The van der Waals surface area contributed by atoms with Gasteiger partial charge >= 0.3 is 6.03 Å². The first-order valence-corrected chi connectivity index (χ1v) is 6.84. The minimum Gasteiger partial charge on any atom is -0.370 e. The van der Waals surface area contributed by atoms with Crippen LogP contribution in [0.5, 0.6) is 0 Å². The van der Waals surface area contributed by atoms with Crippen molar-refractivity contribution in [1.29, 1.82) is 5.26 Å². The molecule has 0 saturated carbocycles. The number of carbonyl (C=O) groups is 1. The Morgan fingerprint density at radius 3 is 2.77 bits per heavy atom. The minimum absolute atomic E-state index is 0.258. The van der Waals surface area contributed by atoms with Gasteiger partial charge < -0.3 is 10.6 Å². The molecule has 7 heteroatoms. The Kier molecular flexibility index (Phi) is 5.70. The fourth-order valence-corrected chi connectivity index (χ4v) is 1.72. The number of urea groups is 1. The van der Waals surface area contributed by atoms with Crippen LogP contribution < -0.4 is 16.0 Å². The van der Waals surface area contributed by atoms with Gasteiger partial charge in [-0.1, -0.05) is 6.07 Å². The molecule has 0 unspecified atom stereocenters. The minimum atomic E-state index is -0.381. The van der Waals surface area contributed by atoms with E-state index in [4.69, 9.17) is 5.26 Å². The second-order valence-corrected chi connectivity index (χ2v) is 4.39. The monoisotopic (exact) mass is 296 g/mol. The molecular weight excluding hydrogens is 280 g/mol. The summed E-state index contributed by atoms with van der Waals surface area (Å²) in [6, 6.07) is 10.5. The van der Waals surface area contributed by atoms with Gasteiger partial charge in [0.25, 0.3) is 0 Å². The zero-order valence-corrected chi connectivity index (χ0v) is 11.9. The van der Waals surface area contributed by atoms with Crippen molar-refractivity contribution in [3.05, 3.63) is 48.3 Å². The number of aromatic nitrogens is 2. The average Bonchev–Trinajstić information content (AvgIpc) is 2.56. The fourth-order valence-electron chi connectivity index (χ4n) is 1.72. The van der Waals surface area contributed by atoms with Crippen LogP contribution in [-0.4, -0.2) is 29.1 Å². The van der Waals surface area contributed by atoms with Gasteiger partial charge in [0.15, 0.2) is 5.82 Å². The molecule has 22 heavy (non-hydrogen) atoms. The lowest BCUT2D eigenvalue weighted by molar-refractivity contribution is 0.252. The molecule has 7 nitrogen and oxygen atoms in total. The third kappa shape index (κ3) is 4.76. The molecule has 2 aromatic rings. The number of pyridine rings is 2. The van der Waals surface area contributed by atoms with E-state index in [1.165, 1.54) is 6.20 Å². The van der Waals surface area contributed by atoms with Crippen molar-refractivity contribution in [2.45, 2.75) is 6.42 Å². The molecule has 0 aliphatic heterocycles. The van der Waals surface area contributed by atoms with E-state index in [0.717, 1.165) is 12.2 Å². The van der Waals surface area contributed by atoms with E-state index in [1.54, 1.807) is 18.3 Å². The maximum atomic E-state index is 11.7. The second-order valence-electron chi connectivity index (χ2n) is 4.39. The number of hydrogen-bond donors (Lipinski definition) is 3. The first-order chi connectivity index (χ1) is 10.8. The highest BCUT2D eigenvalue weighted by Gasteiger charge is 2.06. The molecule has 0 aromatic carbocycles. The summed E-state index contributed by atoms with van der Waals surface area (Å²) in [5.41, 5.74) is 0.328. The molecule has 2 aromatic heterocycles. The van der Waals surface area contributed by atoms with Crippen LogP contribution in [0.3, 0.4) is 0 Å². The predicted octanol–water partition coefficient (Wildman–Crippen LogP) is 1.97. The van der Waals surface area contributed by atoms with Crippen LogP contribution in [0, 0.1) is 11.3 Å². The molecule has 0 radical (unpaired) electrons. The normalized spacial score (nSPS) is 9.59. The number of nitrogens with one attached hydrogen (secondary N) is 3. The van der Waals surface area contributed by atoms with Gasteiger partial charge in [0.2, 0.25) is 0 Å². The van der Waals surface area contributed by atoms with E-state index >= 15 is 0 Å². The van der Waals surface area contributed by atoms with Gasteiger partial charge in [0.05, 0.1) is 5.56 Å². The molecule has 0 saturated heterocycles.